The van der Waals surface area contributed by atoms with Crippen molar-refractivity contribution >= 4 is 12.0 Å². The van der Waals surface area contributed by atoms with Crippen molar-refractivity contribution in [3.05, 3.63) is 0 Å². The summed E-state index contributed by atoms with van der Waals surface area (Å²) in [5, 5.41) is 12.1. The smallest absolute Gasteiger partial charge is 0.317 e. The standard InChI is InChI=1S/C18H33N3O3/c1-18(2)9-4-6-14(18)12-19-17(24)21-10-5-7-15(8-11-21)20(3)13-16(22)23/h14-15H,4-13H2,1-3H3,(H,19,24)(H,22,23). The molecule has 0 radical (unpaired) electrons. The molecule has 2 fully saturated rings. The Bertz CT molecular complexity index is 453. The zero-order chi connectivity index (χ0) is 17.7. The third kappa shape index (κ3) is 5.10. The number of urea groups is 1. The Hall–Kier alpha value is -1.30. The molecular weight excluding hydrogens is 306 g/mol. The van der Waals surface area contributed by atoms with Gasteiger partial charge in [-0.3, -0.25) is 9.69 Å². The van der Waals surface area contributed by atoms with Crippen LogP contribution in [-0.4, -0.2) is 66.2 Å². The molecule has 6 heteroatoms. The highest BCUT2D eigenvalue weighted by atomic mass is 16.4. The van der Waals surface area contributed by atoms with Crippen molar-refractivity contribution in [2.24, 2.45) is 11.3 Å². The molecule has 2 N–H and O–H groups in total. The highest BCUT2D eigenvalue weighted by Gasteiger charge is 2.34. The van der Waals surface area contributed by atoms with Gasteiger partial charge in [0.05, 0.1) is 6.54 Å². The summed E-state index contributed by atoms with van der Waals surface area (Å²) in [6.07, 6.45) is 6.42. The minimum atomic E-state index is -0.796. The quantitative estimate of drug-likeness (QED) is 0.807. The first-order valence-corrected chi connectivity index (χ1v) is 9.24. The molecule has 1 aliphatic heterocycles. The second-order valence-corrected chi connectivity index (χ2v) is 8.14. The molecular formula is C18H33N3O3. The van der Waals surface area contributed by atoms with Gasteiger partial charge in [-0.05, 0) is 50.5 Å². The summed E-state index contributed by atoms with van der Waals surface area (Å²) in [6, 6.07) is 0.284. The maximum atomic E-state index is 12.5. The minimum Gasteiger partial charge on any atom is -0.480 e. The number of hydrogen-bond acceptors (Lipinski definition) is 3. The average molecular weight is 339 g/mol. The minimum absolute atomic E-state index is 0.0410. The highest BCUT2D eigenvalue weighted by Crippen LogP contribution is 2.42. The number of carboxylic acids is 1. The van der Waals surface area contributed by atoms with Crippen molar-refractivity contribution in [2.75, 3.05) is 33.2 Å². The second kappa shape index (κ2) is 8.19. The lowest BCUT2D eigenvalue weighted by Crippen LogP contribution is -2.44. The fraction of sp³-hybridized carbons (Fsp3) is 0.889. The lowest BCUT2D eigenvalue weighted by Gasteiger charge is -2.29. The molecule has 0 bridgehead atoms. The number of nitrogens with zero attached hydrogens (tertiary/aromatic N) is 2. The van der Waals surface area contributed by atoms with E-state index in [0.717, 1.165) is 32.4 Å². The van der Waals surface area contributed by atoms with Crippen molar-refractivity contribution in [3.63, 3.8) is 0 Å². The predicted molar refractivity (Wildman–Crippen MR) is 94.0 cm³/mol. The number of hydrogen-bond donors (Lipinski definition) is 2. The van der Waals surface area contributed by atoms with Gasteiger partial charge in [0.25, 0.3) is 0 Å². The van der Waals surface area contributed by atoms with Gasteiger partial charge in [-0.25, -0.2) is 4.79 Å². The number of carbonyl (C=O) groups excluding carboxylic acids is 1. The van der Waals surface area contributed by atoms with Crippen LogP contribution >= 0.6 is 0 Å². The summed E-state index contributed by atoms with van der Waals surface area (Å²) in [5.41, 5.74) is 0.330. The highest BCUT2D eigenvalue weighted by molar-refractivity contribution is 5.74. The molecule has 2 amide bonds. The van der Waals surface area contributed by atoms with Crippen LogP contribution in [0.25, 0.3) is 0 Å². The monoisotopic (exact) mass is 339 g/mol. The van der Waals surface area contributed by atoms with Crippen LogP contribution in [0.1, 0.15) is 52.4 Å². The molecule has 0 aromatic carbocycles. The molecule has 6 nitrogen and oxygen atoms in total. The SMILES string of the molecule is CN(CC(=O)O)C1CCCN(C(=O)NCC2CCCC2(C)C)CC1. The zero-order valence-corrected chi connectivity index (χ0v) is 15.4. The lowest BCUT2D eigenvalue weighted by atomic mass is 9.82. The van der Waals surface area contributed by atoms with Crippen LogP contribution in [0, 0.1) is 11.3 Å². The summed E-state index contributed by atoms with van der Waals surface area (Å²) in [6.45, 7) is 6.89. The Morgan fingerprint density at radius 3 is 2.58 bits per heavy atom. The topological polar surface area (TPSA) is 72.9 Å². The van der Waals surface area contributed by atoms with Crippen LogP contribution in [0.4, 0.5) is 4.79 Å². The molecule has 2 rings (SSSR count). The number of carboxylic acid groups (broad SMARTS) is 1. The predicted octanol–water partition coefficient (Wildman–Crippen LogP) is 2.39. The van der Waals surface area contributed by atoms with Crippen molar-refractivity contribution in [1.29, 1.82) is 0 Å². The van der Waals surface area contributed by atoms with Gasteiger partial charge in [-0.2, -0.15) is 0 Å². The number of likely N-dealkylation sites (N-methyl/N-ethyl adjacent to an activating group) is 1. The average Bonchev–Trinajstić information content (AvgIpc) is 2.71. The molecule has 1 saturated carbocycles. The Balaban J connectivity index is 1.78. The summed E-state index contributed by atoms with van der Waals surface area (Å²) >= 11 is 0. The van der Waals surface area contributed by atoms with Crippen LogP contribution in [0.2, 0.25) is 0 Å². The number of amides is 2. The molecule has 0 spiro atoms. The van der Waals surface area contributed by atoms with E-state index in [9.17, 15) is 9.59 Å². The Labute approximate surface area is 145 Å². The van der Waals surface area contributed by atoms with Crippen molar-refractivity contribution in [3.8, 4) is 0 Å². The van der Waals surface area contributed by atoms with E-state index in [1.807, 2.05) is 16.8 Å². The van der Waals surface area contributed by atoms with Crippen LogP contribution in [0.5, 0.6) is 0 Å². The third-order valence-corrected chi connectivity index (χ3v) is 5.97. The molecule has 2 unspecified atom stereocenters. The Kier molecular flexibility index (Phi) is 6.49. The fourth-order valence-electron chi connectivity index (χ4n) is 4.16. The molecule has 24 heavy (non-hydrogen) atoms. The maximum Gasteiger partial charge on any atom is 0.317 e. The second-order valence-electron chi connectivity index (χ2n) is 8.14. The van der Waals surface area contributed by atoms with Gasteiger partial charge < -0.3 is 15.3 Å². The molecule has 0 aromatic rings. The van der Waals surface area contributed by atoms with Gasteiger partial charge in [0.1, 0.15) is 0 Å². The molecule has 1 saturated heterocycles. The Morgan fingerprint density at radius 1 is 1.21 bits per heavy atom. The number of aliphatic carboxylic acids is 1. The third-order valence-electron chi connectivity index (χ3n) is 5.97. The summed E-state index contributed by atoms with van der Waals surface area (Å²) < 4.78 is 0. The molecule has 1 heterocycles. The van der Waals surface area contributed by atoms with Gasteiger partial charge >= 0.3 is 12.0 Å². The van der Waals surface area contributed by atoms with E-state index in [-0.39, 0.29) is 18.6 Å². The van der Waals surface area contributed by atoms with E-state index in [4.69, 9.17) is 5.11 Å². The summed E-state index contributed by atoms with van der Waals surface area (Å²) in [5.74, 6) is -0.224. The van der Waals surface area contributed by atoms with Gasteiger partial charge in [0, 0.05) is 25.7 Å². The molecule has 0 aromatic heterocycles. The van der Waals surface area contributed by atoms with Crippen LogP contribution in [-0.2, 0) is 4.79 Å². The van der Waals surface area contributed by atoms with Gasteiger partial charge in [-0.15, -0.1) is 0 Å². The van der Waals surface area contributed by atoms with E-state index in [1.54, 1.807) is 0 Å². The number of likely N-dealkylation sites (tertiary alicyclic amines) is 1. The van der Waals surface area contributed by atoms with Gasteiger partial charge in [0.2, 0.25) is 0 Å². The van der Waals surface area contributed by atoms with E-state index in [1.165, 1.54) is 19.3 Å². The number of carbonyl (C=O) groups is 2. The fourth-order valence-corrected chi connectivity index (χ4v) is 4.16. The first-order chi connectivity index (χ1) is 11.3. The summed E-state index contributed by atoms with van der Waals surface area (Å²) in [7, 11) is 1.86. The maximum absolute atomic E-state index is 12.5. The van der Waals surface area contributed by atoms with Gasteiger partial charge in [0.15, 0.2) is 0 Å². The van der Waals surface area contributed by atoms with Crippen molar-refractivity contribution in [2.45, 2.75) is 58.4 Å². The van der Waals surface area contributed by atoms with Gasteiger partial charge in [-0.1, -0.05) is 20.3 Å². The lowest BCUT2D eigenvalue weighted by molar-refractivity contribution is -0.138. The number of nitrogens with one attached hydrogen (secondary N) is 1. The van der Waals surface area contributed by atoms with E-state index >= 15 is 0 Å². The van der Waals surface area contributed by atoms with Crippen molar-refractivity contribution < 1.29 is 14.7 Å². The zero-order valence-electron chi connectivity index (χ0n) is 15.4. The van der Waals surface area contributed by atoms with E-state index in [2.05, 4.69) is 19.2 Å². The van der Waals surface area contributed by atoms with E-state index < -0.39 is 5.97 Å². The Morgan fingerprint density at radius 2 is 1.96 bits per heavy atom. The molecule has 1 aliphatic carbocycles. The normalized spacial score (nSPS) is 27.1. The van der Waals surface area contributed by atoms with Crippen LogP contribution in [0.15, 0.2) is 0 Å². The largest absolute Gasteiger partial charge is 0.480 e. The number of rotatable bonds is 5. The van der Waals surface area contributed by atoms with E-state index in [0.29, 0.717) is 17.9 Å². The first kappa shape index (κ1) is 19.0. The molecule has 138 valence electrons. The van der Waals surface area contributed by atoms with Crippen LogP contribution < -0.4 is 5.32 Å². The van der Waals surface area contributed by atoms with Crippen LogP contribution in [0.3, 0.4) is 0 Å². The molecule has 2 atom stereocenters. The molecule has 2 aliphatic rings. The first-order valence-electron chi connectivity index (χ1n) is 9.24. The van der Waals surface area contributed by atoms with Crippen molar-refractivity contribution in [1.82, 2.24) is 15.1 Å². The summed E-state index contributed by atoms with van der Waals surface area (Å²) in [4.78, 5) is 27.1.